The number of aliphatic hydroxyl groups excluding tert-OH is 1. The second kappa shape index (κ2) is 10.3. The molecule has 2 aromatic carbocycles. The van der Waals surface area contributed by atoms with Crippen molar-refractivity contribution >= 4 is 6.09 Å². The number of rotatable bonds is 8. The summed E-state index contributed by atoms with van der Waals surface area (Å²) < 4.78 is 7.59. The van der Waals surface area contributed by atoms with Crippen molar-refractivity contribution in [2.24, 2.45) is 0 Å². The summed E-state index contributed by atoms with van der Waals surface area (Å²) in [5, 5.41) is 19.8. The normalized spacial score (nSPS) is 19.1. The standard InChI is InChI=1S/C29H34N2O5/c1-21(22-9-11-23(12-10-22)24-13-14-26(33)30(19-24)17-18-32)31-16-15-29(36-27(31)34,20-28(2,3)35)25-7-5-4-6-8-25/h4-14,19,21,32,35H,15-18,20H2,1-3H3/t21-,29-/m0/s1. The van der Waals surface area contributed by atoms with Gasteiger partial charge in [-0.1, -0.05) is 54.6 Å². The lowest BCUT2D eigenvalue weighted by Gasteiger charge is -2.45. The molecular weight excluding hydrogens is 456 g/mol. The summed E-state index contributed by atoms with van der Waals surface area (Å²) in [6, 6.07) is 20.6. The van der Waals surface area contributed by atoms with Crippen LogP contribution in [0.5, 0.6) is 0 Å². The van der Waals surface area contributed by atoms with E-state index in [1.165, 1.54) is 10.6 Å². The lowest BCUT2D eigenvalue weighted by atomic mass is 9.80. The number of pyridine rings is 1. The van der Waals surface area contributed by atoms with Crippen LogP contribution < -0.4 is 5.56 Å². The fourth-order valence-corrected chi connectivity index (χ4v) is 5.01. The molecule has 0 aliphatic carbocycles. The van der Waals surface area contributed by atoms with Crippen molar-refractivity contribution in [2.45, 2.75) is 57.4 Å². The number of hydrogen-bond acceptors (Lipinski definition) is 5. The van der Waals surface area contributed by atoms with Crippen molar-refractivity contribution in [3.63, 3.8) is 0 Å². The van der Waals surface area contributed by atoms with E-state index < -0.39 is 17.3 Å². The SMILES string of the molecule is C[C@@H](c1ccc(-c2ccc(=O)n(CCO)c2)cc1)N1CC[C@](CC(C)(C)O)(c2ccccc2)OC1=O. The van der Waals surface area contributed by atoms with Gasteiger partial charge in [0.05, 0.1) is 18.2 Å². The third kappa shape index (κ3) is 5.53. The second-order valence-corrected chi connectivity index (χ2v) is 10.1. The van der Waals surface area contributed by atoms with Crippen LogP contribution in [0.25, 0.3) is 11.1 Å². The molecule has 7 heteroatoms. The Kier molecular flexibility index (Phi) is 7.33. The Morgan fingerprint density at radius 1 is 1.00 bits per heavy atom. The fraction of sp³-hybridized carbons (Fsp3) is 0.379. The summed E-state index contributed by atoms with van der Waals surface area (Å²) in [6.45, 7) is 6.09. The van der Waals surface area contributed by atoms with Crippen molar-refractivity contribution in [2.75, 3.05) is 13.2 Å². The first-order valence-corrected chi connectivity index (χ1v) is 12.3. The van der Waals surface area contributed by atoms with Crippen molar-refractivity contribution in [3.05, 3.63) is 94.4 Å². The van der Waals surface area contributed by atoms with Crippen molar-refractivity contribution in [1.82, 2.24) is 9.47 Å². The van der Waals surface area contributed by atoms with E-state index >= 15 is 0 Å². The lowest BCUT2D eigenvalue weighted by molar-refractivity contribution is -0.101. The zero-order chi connectivity index (χ0) is 25.9. The monoisotopic (exact) mass is 490 g/mol. The molecule has 1 aliphatic heterocycles. The zero-order valence-electron chi connectivity index (χ0n) is 21.1. The predicted molar refractivity (Wildman–Crippen MR) is 138 cm³/mol. The first-order chi connectivity index (χ1) is 17.1. The minimum atomic E-state index is -1.00. The van der Waals surface area contributed by atoms with Crippen LogP contribution in [-0.4, -0.2) is 44.5 Å². The molecule has 3 aromatic rings. The number of aliphatic hydroxyl groups is 2. The van der Waals surface area contributed by atoms with Gasteiger partial charge < -0.3 is 24.4 Å². The summed E-state index contributed by atoms with van der Waals surface area (Å²) in [5.74, 6) is 0. The molecule has 0 radical (unpaired) electrons. The highest BCUT2D eigenvalue weighted by molar-refractivity contribution is 5.70. The van der Waals surface area contributed by atoms with Crippen LogP contribution in [-0.2, 0) is 16.9 Å². The molecule has 2 heterocycles. The van der Waals surface area contributed by atoms with Crippen LogP contribution in [0.1, 0.15) is 50.8 Å². The number of hydrogen-bond donors (Lipinski definition) is 2. The van der Waals surface area contributed by atoms with Crippen LogP contribution in [0.15, 0.2) is 77.7 Å². The second-order valence-electron chi connectivity index (χ2n) is 10.1. The molecule has 1 aromatic heterocycles. The van der Waals surface area contributed by atoms with E-state index in [0.717, 1.165) is 22.3 Å². The van der Waals surface area contributed by atoms with Crippen molar-refractivity contribution in [3.8, 4) is 11.1 Å². The average Bonchev–Trinajstić information content (AvgIpc) is 2.85. The average molecular weight is 491 g/mol. The third-order valence-electron chi connectivity index (χ3n) is 6.81. The molecule has 1 saturated heterocycles. The van der Waals surface area contributed by atoms with E-state index in [9.17, 15) is 19.8 Å². The van der Waals surface area contributed by atoms with Gasteiger partial charge in [0.15, 0.2) is 0 Å². The molecule has 1 amide bonds. The van der Waals surface area contributed by atoms with Gasteiger partial charge in [-0.25, -0.2) is 4.79 Å². The Morgan fingerprint density at radius 3 is 2.28 bits per heavy atom. The van der Waals surface area contributed by atoms with Gasteiger partial charge >= 0.3 is 6.09 Å². The smallest absolute Gasteiger partial charge is 0.411 e. The molecule has 36 heavy (non-hydrogen) atoms. The maximum atomic E-state index is 13.3. The largest absolute Gasteiger partial charge is 0.438 e. The summed E-state index contributed by atoms with van der Waals surface area (Å²) in [5.41, 5.74) is 1.63. The lowest BCUT2D eigenvalue weighted by Crippen LogP contribution is -2.51. The summed E-state index contributed by atoms with van der Waals surface area (Å²) in [4.78, 5) is 26.9. The Labute approximate surface area is 211 Å². The van der Waals surface area contributed by atoms with Gasteiger partial charge in [-0.3, -0.25) is 4.79 Å². The molecule has 4 rings (SSSR count). The number of amides is 1. The van der Waals surface area contributed by atoms with E-state index in [2.05, 4.69) is 0 Å². The Bertz CT molecular complexity index is 1250. The third-order valence-corrected chi connectivity index (χ3v) is 6.81. The molecule has 0 saturated carbocycles. The highest BCUT2D eigenvalue weighted by Crippen LogP contribution is 2.42. The maximum absolute atomic E-state index is 13.3. The molecule has 0 unspecified atom stereocenters. The molecule has 190 valence electrons. The molecule has 2 atom stereocenters. The van der Waals surface area contributed by atoms with Crippen LogP contribution in [0.4, 0.5) is 4.79 Å². The molecule has 0 spiro atoms. The fourth-order valence-electron chi connectivity index (χ4n) is 5.01. The summed E-state index contributed by atoms with van der Waals surface area (Å²) in [6.07, 6.45) is 2.22. The van der Waals surface area contributed by atoms with Gasteiger partial charge in [0.1, 0.15) is 5.60 Å². The minimum Gasteiger partial charge on any atom is -0.438 e. The van der Waals surface area contributed by atoms with Crippen molar-refractivity contribution < 1.29 is 19.7 Å². The molecular formula is C29H34N2O5. The minimum absolute atomic E-state index is 0.104. The molecule has 1 aliphatic rings. The molecule has 2 N–H and O–H groups in total. The van der Waals surface area contributed by atoms with E-state index in [-0.39, 0.29) is 24.8 Å². The number of nitrogens with zero attached hydrogens (tertiary/aromatic N) is 2. The van der Waals surface area contributed by atoms with E-state index in [1.54, 1.807) is 31.0 Å². The van der Waals surface area contributed by atoms with Crippen LogP contribution >= 0.6 is 0 Å². The predicted octanol–water partition coefficient (Wildman–Crippen LogP) is 4.47. The van der Waals surface area contributed by atoms with Crippen LogP contribution in [0.3, 0.4) is 0 Å². The Morgan fingerprint density at radius 2 is 1.67 bits per heavy atom. The first kappa shape index (κ1) is 25.7. The number of cyclic esters (lactones) is 1. The van der Waals surface area contributed by atoms with E-state index in [1.807, 2.05) is 61.5 Å². The quantitative estimate of drug-likeness (QED) is 0.486. The number of carbonyl (C=O) groups excluding carboxylic acids is 1. The van der Waals surface area contributed by atoms with Gasteiger partial charge in [-0.2, -0.15) is 0 Å². The summed E-state index contributed by atoms with van der Waals surface area (Å²) >= 11 is 0. The zero-order valence-corrected chi connectivity index (χ0v) is 21.1. The Balaban J connectivity index is 1.53. The summed E-state index contributed by atoms with van der Waals surface area (Å²) in [7, 11) is 0. The molecule has 7 nitrogen and oxygen atoms in total. The molecule has 0 bridgehead atoms. The van der Waals surface area contributed by atoms with E-state index in [4.69, 9.17) is 4.74 Å². The topological polar surface area (TPSA) is 92.0 Å². The van der Waals surface area contributed by atoms with E-state index in [0.29, 0.717) is 19.4 Å². The number of ether oxygens (including phenoxy) is 1. The highest BCUT2D eigenvalue weighted by atomic mass is 16.6. The highest BCUT2D eigenvalue weighted by Gasteiger charge is 2.46. The van der Waals surface area contributed by atoms with Gasteiger partial charge in [0, 0.05) is 38.2 Å². The van der Waals surface area contributed by atoms with Crippen LogP contribution in [0.2, 0.25) is 0 Å². The number of aromatic nitrogens is 1. The molecule has 1 fully saturated rings. The Hall–Kier alpha value is -3.42. The van der Waals surface area contributed by atoms with Crippen molar-refractivity contribution in [1.29, 1.82) is 0 Å². The van der Waals surface area contributed by atoms with Gasteiger partial charge in [-0.15, -0.1) is 0 Å². The number of carbonyl (C=O) groups is 1. The first-order valence-electron chi connectivity index (χ1n) is 12.3. The van der Waals surface area contributed by atoms with Crippen LogP contribution in [0, 0.1) is 0 Å². The maximum Gasteiger partial charge on any atom is 0.411 e. The van der Waals surface area contributed by atoms with Gasteiger partial charge in [0.2, 0.25) is 0 Å². The number of benzene rings is 2. The van der Waals surface area contributed by atoms with Gasteiger partial charge in [0.25, 0.3) is 5.56 Å². The van der Waals surface area contributed by atoms with Gasteiger partial charge in [-0.05, 0) is 49.1 Å².